The molecule has 1 unspecified atom stereocenters. The maximum absolute atomic E-state index is 11.0. The van der Waals surface area contributed by atoms with Crippen LogP contribution in [-0.4, -0.2) is 72.7 Å². The Bertz CT molecular complexity index is 360. The molecule has 0 aliphatic heterocycles. The number of hydrogen-bond acceptors (Lipinski definition) is 5. The summed E-state index contributed by atoms with van der Waals surface area (Å²) < 4.78 is 0. The minimum Gasteiger partial charge on any atom is -0.481 e. The van der Waals surface area contributed by atoms with E-state index in [1.807, 2.05) is 6.92 Å². The highest BCUT2D eigenvalue weighted by Crippen LogP contribution is 2.26. The van der Waals surface area contributed by atoms with Crippen LogP contribution in [0, 0.1) is 0 Å². The molecule has 0 saturated heterocycles. The van der Waals surface area contributed by atoms with Crippen molar-refractivity contribution in [3.05, 3.63) is 0 Å². The summed E-state index contributed by atoms with van der Waals surface area (Å²) in [5, 5.41) is 27.0. The van der Waals surface area contributed by atoms with Crippen molar-refractivity contribution in [3.8, 4) is 0 Å². The second-order valence-corrected chi connectivity index (χ2v) is 6.18. The lowest BCUT2D eigenvalue weighted by Gasteiger charge is -2.44. The lowest BCUT2D eigenvalue weighted by atomic mass is 9.88. The first-order chi connectivity index (χ1) is 9.18. The van der Waals surface area contributed by atoms with Gasteiger partial charge in [0.25, 0.3) is 0 Å². The lowest BCUT2D eigenvalue weighted by Crippen LogP contribution is -2.61. The van der Waals surface area contributed by atoms with Crippen molar-refractivity contribution in [2.24, 2.45) is 5.73 Å². The van der Waals surface area contributed by atoms with Crippen molar-refractivity contribution < 1.29 is 29.7 Å². The van der Waals surface area contributed by atoms with E-state index in [0.29, 0.717) is 16.7 Å². The summed E-state index contributed by atoms with van der Waals surface area (Å²) >= 11 is 0. The zero-order valence-corrected chi connectivity index (χ0v) is 13.7. The van der Waals surface area contributed by atoms with Gasteiger partial charge in [-0.3, -0.25) is 19.3 Å². The average Bonchev–Trinajstić information content (AvgIpc) is 2.32. The van der Waals surface area contributed by atoms with Gasteiger partial charge < -0.3 is 21.1 Å². The molecular weight excluding hydrogens is 284 g/mol. The predicted octanol–water partition coefficient (Wildman–Crippen LogP) is -1.88. The third kappa shape index (κ3) is 5.27. The number of rotatable bonds is 10. The first kappa shape index (κ1) is 18.5. The molecule has 0 rings (SSSR count). The van der Waals surface area contributed by atoms with Gasteiger partial charge in [-0.15, -0.1) is 0 Å². The van der Waals surface area contributed by atoms with Gasteiger partial charge in [0.2, 0.25) is 0 Å². The lowest BCUT2D eigenvalue weighted by molar-refractivity contribution is -0.150. The minimum atomic E-state index is -1.38. The van der Waals surface area contributed by atoms with Gasteiger partial charge in [-0.2, -0.15) is 0 Å². The fourth-order valence-electron chi connectivity index (χ4n) is 2.25. The van der Waals surface area contributed by atoms with Gasteiger partial charge in [0.1, 0.15) is 0 Å². The highest BCUT2D eigenvalue weighted by molar-refractivity contribution is 6.11. The summed E-state index contributed by atoms with van der Waals surface area (Å²) in [6.07, 6.45) is -0.385. The Balaban J connectivity index is 5.62. The molecule has 116 valence electrons. The predicted molar refractivity (Wildman–Crippen MR) is 74.7 cm³/mol. The first-order valence-electron chi connectivity index (χ1n) is 6.30. The van der Waals surface area contributed by atoms with E-state index in [1.54, 1.807) is 0 Å². The molecule has 0 aromatic heterocycles. The molecule has 9 heteroatoms. The van der Waals surface area contributed by atoms with Crippen LogP contribution in [-0.2, 0) is 14.4 Å². The van der Waals surface area contributed by atoms with Crippen LogP contribution < -0.4 is 5.73 Å². The van der Waals surface area contributed by atoms with E-state index in [4.69, 9.17) is 21.1 Å². The SMILES string of the molecule is CCC([SiH3])N(CC(=O)O)C(CN)(CC(=O)O)CC(=O)O. The van der Waals surface area contributed by atoms with E-state index in [0.717, 1.165) is 0 Å². The van der Waals surface area contributed by atoms with Crippen molar-refractivity contribution in [1.29, 1.82) is 0 Å². The molecular formula is C11H22N2O6Si. The summed E-state index contributed by atoms with van der Waals surface area (Å²) in [7, 11) is 0.586. The molecule has 8 nitrogen and oxygen atoms in total. The largest absolute Gasteiger partial charge is 0.481 e. The Labute approximate surface area is 120 Å². The fourth-order valence-corrected chi connectivity index (χ4v) is 2.98. The van der Waals surface area contributed by atoms with Crippen LogP contribution in [0.3, 0.4) is 0 Å². The number of carboxylic acid groups (broad SMARTS) is 3. The van der Waals surface area contributed by atoms with Crippen LogP contribution in [0.5, 0.6) is 0 Å². The van der Waals surface area contributed by atoms with Gasteiger partial charge in [0, 0.05) is 16.8 Å². The highest BCUT2D eigenvalue weighted by Gasteiger charge is 2.42. The Hall–Kier alpha value is -1.45. The summed E-state index contributed by atoms with van der Waals surface area (Å²) in [6.45, 7) is 1.20. The normalized spacial score (nSPS) is 13.3. The molecule has 0 fully saturated rings. The Kier molecular flexibility index (Phi) is 7.39. The molecule has 0 aromatic rings. The summed E-state index contributed by atoms with van der Waals surface area (Å²) in [4.78, 5) is 34.5. The van der Waals surface area contributed by atoms with E-state index < -0.39 is 42.8 Å². The quantitative estimate of drug-likeness (QED) is 0.344. The second kappa shape index (κ2) is 7.97. The molecule has 0 aromatic carbocycles. The average molecular weight is 306 g/mol. The zero-order chi connectivity index (χ0) is 15.9. The Morgan fingerprint density at radius 1 is 1.15 bits per heavy atom. The number of hydrogen-bond donors (Lipinski definition) is 4. The molecule has 0 radical (unpaired) electrons. The summed E-state index contributed by atoms with van der Waals surface area (Å²) in [5.41, 5.74) is 4.09. The van der Waals surface area contributed by atoms with E-state index in [1.165, 1.54) is 4.90 Å². The van der Waals surface area contributed by atoms with Crippen molar-refractivity contribution in [3.63, 3.8) is 0 Å². The summed E-state index contributed by atoms with van der Waals surface area (Å²) in [6, 6.07) is 0. The van der Waals surface area contributed by atoms with Crippen LogP contribution in [0.15, 0.2) is 0 Å². The van der Waals surface area contributed by atoms with Crippen LogP contribution >= 0.6 is 0 Å². The number of carboxylic acids is 3. The molecule has 20 heavy (non-hydrogen) atoms. The van der Waals surface area contributed by atoms with Gasteiger partial charge in [0.05, 0.1) is 24.9 Å². The first-order valence-corrected chi connectivity index (χ1v) is 7.46. The molecule has 5 N–H and O–H groups in total. The van der Waals surface area contributed by atoms with Gasteiger partial charge in [0.15, 0.2) is 0 Å². The molecule has 0 aliphatic carbocycles. The molecule has 0 heterocycles. The summed E-state index contributed by atoms with van der Waals surface area (Å²) in [5.74, 6) is -3.53. The highest BCUT2D eigenvalue weighted by atomic mass is 28.1. The van der Waals surface area contributed by atoms with Gasteiger partial charge in [-0.05, 0) is 12.1 Å². The minimum absolute atomic E-state index is 0.159. The van der Waals surface area contributed by atoms with E-state index in [-0.39, 0.29) is 12.2 Å². The standard InChI is InChI=1S/C11H22N2O6Si/c1-2-7(20)13(5-10(18)19)11(6-12,3-8(14)15)4-9(16)17/h7H,2-6,12H2,1,20H3,(H,14,15)(H,16,17)(H,18,19). The number of carbonyl (C=O) groups is 3. The molecule has 1 atom stereocenters. The van der Waals surface area contributed by atoms with Crippen LogP contribution in [0.1, 0.15) is 26.2 Å². The van der Waals surface area contributed by atoms with E-state index in [9.17, 15) is 14.4 Å². The van der Waals surface area contributed by atoms with Gasteiger partial charge >= 0.3 is 17.9 Å². The maximum atomic E-state index is 11.0. The topological polar surface area (TPSA) is 141 Å². The van der Waals surface area contributed by atoms with E-state index >= 15 is 0 Å². The van der Waals surface area contributed by atoms with Crippen molar-refractivity contribution >= 4 is 28.2 Å². The van der Waals surface area contributed by atoms with Crippen molar-refractivity contribution in [2.45, 2.75) is 37.4 Å². The van der Waals surface area contributed by atoms with Crippen LogP contribution in [0.25, 0.3) is 0 Å². The third-order valence-corrected chi connectivity index (χ3v) is 4.82. The van der Waals surface area contributed by atoms with E-state index in [2.05, 4.69) is 0 Å². The second-order valence-electron chi connectivity index (χ2n) is 4.85. The molecule has 0 saturated carbocycles. The maximum Gasteiger partial charge on any atom is 0.317 e. The van der Waals surface area contributed by atoms with Gasteiger partial charge in [-0.1, -0.05) is 6.92 Å². The Morgan fingerprint density at radius 2 is 1.60 bits per heavy atom. The van der Waals surface area contributed by atoms with Crippen LogP contribution in [0.4, 0.5) is 0 Å². The molecule has 0 aliphatic rings. The monoisotopic (exact) mass is 306 g/mol. The third-order valence-electron chi connectivity index (χ3n) is 3.38. The number of nitrogens with zero attached hydrogens (tertiary/aromatic N) is 1. The Morgan fingerprint density at radius 3 is 1.85 bits per heavy atom. The molecule has 0 spiro atoms. The molecule has 0 amide bonds. The van der Waals surface area contributed by atoms with Gasteiger partial charge in [-0.25, -0.2) is 0 Å². The van der Waals surface area contributed by atoms with Crippen LogP contribution in [0.2, 0.25) is 0 Å². The van der Waals surface area contributed by atoms with Crippen molar-refractivity contribution in [2.75, 3.05) is 13.1 Å². The smallest absolute Gasteiger partial charge is 0.317 e. The fraction of sp³-hybridized carbons (Fsp3) is 0.727. The van der Waals surface area contributed by atoms with Crippen molar-refractivity contribution in [1.82, 2.24) is 4.90 Å². The zero-order valence-electron chi connectivity index (χ0n) is 11.7. The number of nitrogens with two attached hydrogens (primary N) is 1. The molecule has 0 bridgehead atoms. The number of aliphatic carboxylic acids is 3.